The van der Waals surface area contributed by atoms with Gasteiger partial charge in [-0.1, -0.05) is 30.0 Å². The molecule has 1 aliphatic rings. The maximum atomic E-state index is 12.6. The summed E-state index contributed by atoms with van der Waals surface area (Å²) in [6.07, 6.45) is 5.22. The largest absolute Gasteiger partial charge is 0.494 e. The molecule has 23 heavy (non-hydrogen) atoms. The summed E-state index contributed by atoms with van der Waals surface area (Å²) in [6.45, 7) is 2.54. The van der Waals surface area contributed by atoms with Crippen molar-refractivity contribution >= 4 is 46.0 Å². The number of carbonyl (C=O) groups excluding carboxylic acids is 1. The van der Waals surface area contributed by atoms with Crippen molar-refractivity contribution < 1.29 is 9.53 Å². The third-order valence-corrected chi connectivity index (χ3v) is 4.48. The van der Waals surface area contributed by atoms with Crippen molar-refractivity contribution in [3.05, 3.63) is 59.3 Å². The number of rotatable bonds is 4. The lowest BCUT2D eigenvalue weighted by Crippen LogP contribution is -2.27. The first-order valence-electron chi connectivity index (χ1n) is 7.10. The van der Waals surface area contributed by atoms with E-state index in [9.17, 15) is 4.79 Å². The average molecular weight is 342 g/mol. The fourth-order valence-electron chi connectivity index (χ4n) is 2.16. The zero-order chi connectivity index (χ0) is 16.2. The van der Waals surface area contributed by atoms with Crippen molar-refractivity contribution in [2.75, 3.05) is 11.5 Å². The van der Waals surface area contributed by atoms with Gasteiger partial charge in [0.1, 0.15) is 5.75 Å². The molecule has 0 N–H and O–H groups in total. The Hall–Kier alpha value is -2.18. The summed E-state index contributed by atoms with van der Waals surface area (Å²) in [4.78, 5) is 18.8. The van der Waals surface area contributed by atoms with E-state index in [4.69, 9.17) is 17.0 Å². The van der Waals surface area contributed by atoms with Gasteiger partial charge in [0.25, 0.3) is 5.91 Å². The number of pyridine rings is 1. The topological polar surface area (TPSA) is 42.4 Å². The fourth-order valence-corrected chi connectivity index (χ4v) is 3.46. The number of thiocarbonyl (C=S) groups is 1. The second-order valence-electron chi connectivity index (χ2n) is 4.73. The molecule has 0 spiro atoms. The number of benzene rings is 1. The molecule has 2 aromatic rings. The summed E-state index contributed by atoms with van der Waals surface area (Å²) in [5, 5.41) is 0. The van der Waals surface area contributed by atoms with Gasteiger partial charge < -0.3 is 4.74 Å². The zero-order valence-corrected chi connectivity index (χ0v) is 14.1. The van der Waals surface area contributed by atoms with Crippen LogP contribution in [0, 0.1) is 0 Å². The Labute approximate surface area is 144 Å². The first kappa shape index (κ1) is 15.7. The molecule has 1 aromatic heterocycles. The van der Waals surface area contributed by atoms with E-state index in [1.807, 2.05) is 43.3 Å². The van der Waals surface area contributed by atoms with Gasteiger partial charge in [-0.15, -0.1) is 0 Å². The average Bonchev–Trinajstić information content (AvgIpc) is 2.84. The SMILES string of the molecule is CCOc1ccc(N2C(=O)C(=Cc3cccnc3)SC2=S)cc1. The monoisotopic (exact) mass is 342 g/mol. The quantitative estimate of drug-likeness (QED) is 0.623. The molecule has 1 aliphatic heterocycles. The highest BCUT2D eigenvalue weighted by Gasteiger charge is 2.33. The molecule has 0 saturated carbocycles. The first-order chi connectivity index (χ1) is 11.2. The molecule has 1 aromatic carbocycles. The van der Waals surface area contributed by atoms with Gasteiger partial charge in [-0.05, 0) is 48.9 Å². The third kappa shape index (κ3) is 3.43. The first-order valence-corrected chi connectivity index (χ1v) is 8.32. The van der Waals surface area contributed by atoms with E-state index in [-0.39, 0.29) is 5.91 Å². The van der Waals surface area contributed by atoms with E-state index in [0.29, 0.717) is 15.8 Å². The minimum atomic E-state index is -0.118. The van der Waals surface area contributed by atoms with Crippen molar-refractivity contribution in [3.8, 4) is 5.75 Å². The summed E-state index contributed by atoms with van der Waals surface area (Å²) in [5.74, 6) is 0.653. The van der Waals surface area contributed by atoms with Crippen LogP contribution < -0.4 is 9.64 Å². The number of amides is 1. The number of ether oxygens (including phenoxy) is 1. The normalized spacial score (nSPS) is 16.2. The van der Waals surface area contributed by atoms with Crippen LogP contribution in [0.1, 0.15) is 12.5 Å². The molecule has 0 aliphatic carbocycles. The maximum Gasteiger partial charge on any atom is 0.270 e. The standard InChI is InChI=1S/C17H14N2O2S2/c1-2-21-14-7-5-13(6-8-14)19-16(20)15(23-17(19)22)10-12-4-3-9-18-11-12/h3-11H,2H2,1H3. The molecule has 2 heterocycles. The van der Waals surface area contributed by atoms with Crippen LogP contribution in [0.25, 0.3) is 6.08 Å². The number of hydrogen-bond donors (Lipinski definition) is 0. The molecule has 6 heteroatoms. The molecule has 1 saturated heterocycles. The molecule has 0 atom stereocenters. The number of carbonyl (C=O) groups is 1. The highest BCUT2D eigenvalue weighted by Crippen LogP contribution is 2.36. The van der Waals surface area contributed by atoms with E-state index in [2.05, 4.69) is 4.98 Å². The molecular formula is C17H14N2O2S2. The summed E-state index contributed by atoms with van der Waals surface area (Å²) < 4.78 is 5.94. The van der Waals surface area contributed by atoms with Crippen LogP contribution >= 0.6 is 24.0 Å². The van der Waals surface area contributed by atoms with Crippen LogP contribution in [0.15, 0.2) is 53.7 Å². The van der Waals surface area contributed by atoms with Crippen LogP contribution in [-0.2, 0) is 4.79 Å². The Balaban J connectivity index is 1.85. The van der Waals surface area contributed by atoms with E-state index in [1.54, 1.807) is 18.5 Å². The third-order valence-electron chi connectivity index (χ3n) is 3.18. The van der Waals surface area contributed by atoms with Crippen molar-refractivity contribution in [3.63, 3.8) is 0 Å². The smallest absolute Gasteiger partial charge is 0.270 e. The fraction of sp³-hybridized carbons (Fsp3) is 0.118. The predicted octanol–water partition coefficient (Wildman–Crippen LogP) is 3.89. The van der Waals surface area contributed by atoms with E-state index in [1.165, 1.54) is 16.7 Å². The van der Waals surface area contributed by atoms with E-state index >= 15 is 0 Å². The predicted molar refractivity (Wildman–Crippen MR) is 97.5 cm³/mol. The number of thioether (sulfide) groups is 1. The molecule has 4 nitrogen and oxygen atoms in total. The Morgan fingerprint density at radius 2 is 2.09 bits per heavy atom. The minimum Gasteiger partial charge on any atom is -0.494 e. The Morgan fingerprint density at radius 1 is 1.30 bits per heavy atom. The number of anilines is 1. The zero-order valence-electron chi connectivity index (χ0n) is 12.4. The molecule has 0 unspecified atom stereocenters. The Morgan fingerprint density at radius 3 is 2.74 bits per heavy atom. The van der Waals surface area contributed by atoms with Crippen LogP contribution in [0.3, 0.4) is 0 Å². The molecular weight excluding hydrogens is 328 g/mol. The van der Waals surface area contributed by atoms with Gasteiger partial charge in [0, 0.05) is 12.4 Å². The second-order valence-corrected chi connectivity index (χ2v) is 6.41. The van der Waals surface area contributed by atoms with Gasteiger partial charge in [0.2, 0.25) is 0 Å². The molecule has 0 radical (unpaired) electrons. The number of hydrogen-bond acceptors (Lipinski definition) is 5. The van der Waals surface area contributed by atoms with Crippen molar-refractivity contribution in [1.29, 1.82) is 0 Å². The van der Waals surface area contributed by atoms with Crippen LogP contribution in [0.2, 0.25) is 0 Å². The summed E-state index contributed by atoms with van der Waals surface area (Å²) >= 11 is 6.65. The maximum absolute atomic E-state index is 12.6. The Kier molecular flexibility index (Phi) is 4.73. The van der Waals surface area contributed by atoms with Gasteiger partial charge in [-0.3, -0.25) is 14.7 Å². The van der Waals surface area contributed by atoms with Crippen molar-refractivity contribution in [1.82, 2.24) is 4.98 Å². The lowest BCUT2D eigenvalue weighted by molar-refractivity contribution is -0.113. The Bertz CT molecular complexity index is 758. The summed E-state index contributed by atoms with van der Waals surface area (Å²) in [6, 6.07) is 11.1. The minimum absolute atomic E-state index is 0.118. The second kappa shape index (κ2) is 6.93. The number of aromatic nitrogens is 1. The van der Waals surface area contributed by atoms with Crippen molar-refractivity contribution in [2.45, 2.75) is 6.92 Å². The molecule has 1 amide bonds. The van der Waals surface area contributed by atoms with Gasteiger partial charge in [-0.2, -0.15) is 0 Å². The van der Waals surface area contributed by atoms with Crippen LogP contribution in [0.5, 0.6) is 5.75 Å². The lowest BCUT2D eigenvalue weighted by Gasteiger charge is -2.15. The molecule has 116 valence electrons. The molecule has 3 rings (SSSR count). The molecule has 1 fully saturated rings. The van der Waals surface area contributed by atoms with Gasteiger partial charge in [-0.25, -0.2) is 0 Å². The number of nitrogens with zero attached hydrogens (tertiary/aromatic N) is 2. The highest BCUT2D eigenvalue weighted by atomic mass is 32.2. The molecule has 0 bridgehead atoms. The van der Waals surface area contributed by atoms with E-state index in [0.717, 1.165) is 17.0 Å². The van der Waals surface area contributed by atoms with Gasteiger partial charge in [0.15, 0.2) is 4.32 Å². The van der Waals surface area contributed by atoms with Gasteiger partial charge >= 0.3 is 0 Å². The van der Waals surface area contributed by atoms with Crippen LogP contribution in [0.4, 0.5) is 5.69 Å². The van der Waals surface area contributed by atoms with Gasteiger partial charge in [0.05, 0.1) is 17.2 Å². The van der Waals surface area contributed by atoms with Crippen molar-refractivity contribution in [2.24, 2.45) is 0 Å². The summed E-state index contributed by atoms with van der Waals surface area (Å²) in [5.41, 5.74) is 1.62. The van der Waals surface area contributed by atoms with Crippen LogP contribution in [-0.4, -0.2) is 21.8 Å². The highest BCUT2D eigenvalue weighted by molar-refractivity contribution is 8.27. The lowest BCUT2D eigenvalue weighted by atomic mass is 10.2. The van der Waals surface area contributed by atoms with E-state index < -0.39 is 0 Å². The summed E-state index contributed by atoms with van der Waals surface area (Å²) in [7, 11) is 0.